The monoisotopic (exact) mass is 243 g/mol. The van der Waals surface area contributed by atoms with Crippen molar-refractivity contribution in [1.29, 1.82) is 0 Å². The second-order valence-corrected chi connectivity index (χ2v) is 3.37. The van der Waals surface area contributed by atoms with E-state index in [9.17, 15) is 9.90 Å². The van der Waals surface area contributed by atoms with Gasteiger partial charge in [0.15, 0.2) is 5.78 Å². The second kappa shape index (κ2) is 3.79. The molecule has 1 aromatic rings. The quantitative estimate of drug-likeness (QED) is 0.361. The van der Waals surface area contributed by atoms with Crippen LogP contribution in [0.25, 0.3) is 0 Å². The van der Waals surface area contributed by atoms with Crippen LogP contribution in [0, 0.1) is 6.92 Å². The fourth-order valence-electron chi connectivity index (χ4n) is 1.09. The molecule has 1 aromatic carbocycles. The number of hydrogen-bond acceptors (Lipinski definition) is 3. The molecule has 0 saturated heterocycles. The number of nitrogen functional groups attached to an aromatic ring is 1. The summed E-state index contributed by atoms with van der Waals surface area (Å²) in [6.45, 7) is 1.82. The number of rotatable bonds is 2. The standard InChI is InChI=1S/C9H10BrNO2/c1-5-2-6(8(12)4-10)9(13)7(11)3-5/h2-3,13H,4,11H2,1H3. The predicted molar refractivity (Wildman–Crippen MR) is 55.4 cm³/mol. The van der Waals surface area contributed by atoms with E-state index in [0.29, 0.717) is 0 Å². The first-order valence-electron chi connectivity index (χ1n) is 3.74. The normalized spacial score (nSPS) is 10.0. The zero-order valence-electron chi connectivity index (χ0n) is 7.17. The maximum Gasteiger partial charge on any atom is 0.177 e. The molecule has 0 heterocycles. The van der Waals surface area contributed by atoms with Gasteiger partial charge in [-0.15, -0.1) is 0 Å². The number of Topliss-reactive ketones (excluding diaryl/α,β-unsaturated/α-hetero) is 1. The lowest BCUT2D eigenvalue weighted by atomic mass is 10.1. The minimum Gasteiger partial charge on any atom is -0.505 e. The Bertz CT molecular complexity index is 350. The van der Waals surface area contributed by atoms with Crippen LogP contribution >= 0.6 is 15.9 Å². The highest BCUT2D eigenvalue weighted by molar-refractivity contribution is 9.09. The summed E-state index contributed by atoms with van der Waals surface area (Å²) in [6, 6.07) is 3.25. The van der Waals surface area contributed by atoms with Gasteiger partial charge in [0.25, 0.3) is 0 Å². The number of ketones is 1. The minimum atomic E-state index is -0.173. The van der Waals surface area contributed by atoms with Crippen molar-refractivity contribution >= 4 is 27.4 Å². The summed E-state index contributed by atoms with van der Waals surface area (Å²) in [5, 5.41) is 9.64. The third kappa shape index (κ3) is 2.01. The van der Waals surface area contributed by atoms with Gasteiger partial charge in [-0.1, -0.05) is 15.9 Å². The molecule has 0 aliphatic carbocycles. The van der Waals surface area contributed by atoms with Gasteiger partial charge in [-0.05, 0) is 24.6 Å². The molecule has 0 aliphatic rings. The molecule has 1 rings (SSSR count). The van der Waals surface area contributed by atoms with Crippen LogP contribution in [-0.2, 0) is 0 Å². The molecule has 0 radical (unpaired) electrons. The Morgan fingerprint density at radius 1 is 1.62 bits per heavy atom. The van der Waals surface area contributed by atoms with Crippen LogP contribution in [-0.4, -0.2) is 16.2 Å². The van der Waals surface area contributed by atoms with E-state index in [4.69, 9.17) is 5.73 Å². The summed E-state index contributed by atoms with van der Waals surface area (Å²) in [7, 11) is 0. The van der Waals surface area contributed by atoms with E-state index in [1.807, 2.05) is 6.92 Å². The lowest BCUT2D eigenvalue weighted by molar-refractivity contribution is 0.102. The maximum absolute atomic E-state index is 11.3. The van der Waals surface area contributed by atoms with Crippen LogP contribution in [0.1, 0.15) is 15.9 Å². The molecule has 70 valence electrons. The van der Waals surface area contributed by atoms with E-state index in [1.54, 1.807) is 12.1 Å². The Morgan fingerprint density at radius 2 is 2.23 bits per heavy atom. The molecule has 4 heteroatoms. The fourth-order valence-corrected chi connectivity index (χ4v) is 1.39. The Balaban J connectivity index is 3.28. The lowest BCUT2D eigenvalue weighted by Crippen LogP contribution is -2.02. The molecule has 0 bridgehead atoms. The van der Waals surface area contributed by atoms with E-state index >= 15 is 0 Å². The number of phenols is 1. The van der Waals surface area contributed by atoms with Gasteiger partial charge >= 0.3 is 0 Å². The van der Waals surface area contributed by atoms with Crippen molar-refractivity contribution in [2.75, 3.05) is 11.1 Å². The highest BCUT2D eigenvalue weighted by atomic mass is 79.9. The van der Waals surface area contributed by atoms with E-state index in [0.717, 1.165) is 5.56 Å². The molecule has 0 amide bonds. The molecule has 0 unspecified atom stereocenters. The molecule has 0 spiro atoms. The second-order valence-electron chi connectivity index (χ2n) is 2.81. The van der Waals surface area contributed by atoms with Crippen molar-refractivity contribution in [2.24, 2.45) is 0 Å². The number of phenolic OH excluding ortho intramolecular Hbond substituents is 1. The average molecular weight is 244 g/mol. The number of aromatic hydroxyl groups is 1. The van der Waals surface area contributed by atoms with E-state index in [-0.39, 0.29) is 28.1 Å². The Morgan fingerprint density at radius 3 is 2.77 bits per heavy atom. The molecule has 0 aromatic heterocycles. The number of anilines is 1. The van der Waals surface area contributed by atoms with Crippen molar-refractivity contribution in [3.05, 3.63) is 23.3 Å². The number of nitrogens with two attached hydrogens (primary N) is 1. The molecule has 3 N–H and O–H groups in total. The molecule has 0 fully saturated rings. The first-order chi connectivity index (χ1) is 6.06. The molecular weight excluding hydrogens is 234 g/mol. The zero-order chi connectivity index (χ0) is 10.0. The smallest absolute Gasteiger partial charge is 0.177 e. The summed E-state index contributed by atoms with van der Waals surface area (Å²) in [6.07, 6.45) is 0. The fraction of sp³-hybridized carbons (Fsp3) is 0.222. The van der Waals surface area contributed by atoms with Gasteiger partial charge < -0.3 is 10.8 Å². The SMILES string of the molecule is Cc1cc(N)c(O)c(C(=O)CBr)c1. The zero-order valence-corrected chi connectivity index (χ0v) is 8.76. The van der Waals surface area contributed by atoms with Crippen molar-refractivity contribution in [3.63, 3.8) is 0 Å². The van der Waals surface area contributed by atoms with Crippen LogP contribution in [0.15, 0.2) is 12.1 Å². The van der Waals surface area contributed by atoms with Gasteiger partial charge in [0.05, 0.1) is 16.6 Å². The van der Waals surface area contributed by atoms with Gasteiger partial charge in [-0.3, -0.25) is 4.79 Å². The molecule has 0 saturated carbocycles. The third-order valence-electron chi connectivity index (χ3n) is 1.71. The van der Waals surface area contributed by atoms with Crippen molar-refractivity contribution in [1.82, 2.24) is 0 Å². The highest BCUT2D eigenvalue weighted by Crippen LogP contribution is 2.27. The van der Waals surface area contributed by atoms with Crippen LogP contribution < -0.4 is 5.73 Å². The van der Waals surface area contributed by atoms with Crippen LogP contribution in [0.4, 0.5) is 5.69 Å². The van der Waals surface area contributed by atoms with Crippen LogP contribution in [0.2, 0.25) is 0 Å². The van der Waals surface area contributed by atoms with E-state index < -0.39 is 0 Å². The van der Waals surface area contributed by atoms with Crippen molar-refractivity contribution in [3.8, 4) is 5.75 Å². The summed E-state index contributed by atoms with van der Waals surface area (Å²) >= 11 is 3.03. The Kier molecular flexibility index (Phi) is 2.93. The number of alkyl halides is 1. The number of halogens is 1. The topological polar surface area (TPSA) is 63.3 Å². The van der Waals surface area contributed by atoms with Gasteiger partial charge in [-0.25, -0.2) is 0 Å². The van der Waals surface area contributed by atoms with E-state index in [1.165, 1.54) is 0 Å². The molecule has 3 nitrogen and oxygen atoms in total. The van der Waals surface area contributed by atoms with Gasteiger partial charge in [-0.2, -0.15) is 0 Å². The highest BCUT2D eigenvalue weighted by Gasteiger charge is 2.12. The molecule has 0 aliphatic heterocycles. The summed E-state index contributed by atoms with van der Waals surface area (Å²) in [4.78, 5) is 11.3. The van der Waals surface area contributed by atoms with Crippen molar-refractivity contribution < 1.29 is 9.90 Å². The lowest BCUT2D eigenvalue weighted by Gasteiger charge is -2.05. The predicted octanol–water partition coefficient (Wildman–Crippen LogP) is 1.86. The first-order valence-corrected chi connectivity index (χ1v) is 4.86. The number of carbonyl (C=O) groups is 1. The summed E-state index contributed by atoms with van der Waals surface area (Å²) in [5.74, 6) is -0.303. The van der Waals surface area contributed by atoms with E-state index in [2.05, 4.69) is 15.9 Å². The maximum atomic E-state index is 11.3. The third-order valence-corrected chi connectivity index (χ3v) is 2.21. The molecular formula is C9H10BrNO2. The minimum absolute atomic E-state index is 0.130. The largest absolute Gasteiger partial charge is 0.505 e. The van der Waals surface area contributed by atoms with Gasteiger partial charge in [0.1, 0.15) is 5.75 Å². The number of aryl methyl sites for hydroxylation is 1. The molecule has 13 heavy (non-hydrogen) atoms. The number of benzene rings is 1. The first kappa shape index (κ1) is 10.1. The van der Waals surface area contributed by atoms with Crippen LogP contribution in [0.3, 0.4) is 0 Å². The summed E-state index contributed by atoms with van der Waals surface area (Å²) in [5.41, 5.74) is 6.87. The molecule has 0 atom stereocenters. The Hall–Kier alpha value is -1.03. The van der Waals surface area contributed by atoms with Crippen molar-refractivity contribution in [2.45, 2.75) is 6.92 Å². The average Bonchev–Trinajstić information content (AvgIpc) is 2.10. The number of hydrogen-bond donors (Lipinski definition) is 2. The van der Waals surface area contributed by atoms with Crippen LogP contribution in [0.5, 0.6) is 5.75 Å². The number of carbonyl (C=O) groups excluding carboxylic acids is 1. The van der Waals surface area contributed by atoms with Gasteiger partial charge in [0.2, 0.25) is 0 Å². The Labute approximate surface area is 84.7 Å². The van der Waals surface area contributed by atoms with Gasteiger partial charge in [0, 0.05) is 0 Å². The summed E-state index contributed by atoms with van der Waals surface area (Å²) < 4.78 is 0.